The number of nitrogens with one attached hydrogen (secondary N) is 1. The second kappa shape index (κ2) is 6.30. The largest absolute Gasteiger partial charge is 0.375 e. The van der Waals surface area contributed by atoms with Crippen molar-refractivity contribution >= 4 is 16.7 Å². The van der Waals surface area contributed by atoms with Crippen LogP contribution in [0.15, 0.2) is 0 Å². The van der Waals surface area contributed by atoms with Crippen molar-refractivity contribution in [1.82, 2.24) is 5.32 Å². The molecule has 0 aliphatic carbocycles. The van der Waals surface area contributed by atoms with Gasteiger partial charge >= 0.3 is 0 Å². The van der Waals surface area contributed by atoms with Crippen LogP contribution in [0, 0.1) is 0 Å². The predicted molar refractivity (Wildman–Crippen MR) is 43.8 cm³/mol. The molecule has 1 atom stereocenters. The van der Waals surface area contributed by atoms with E-state index in [-0.39, 0.29) is 12.5 Å². The number of ether oxygens (including phenoxy) is 1. The van der Waals surface area contributed by atoms with E-state index in [4.69, 9.17) is 0 Å². The Labute approximate surface area is 68.8 Å². The molecule has 0 aromatic rings. The van der Waals surface area contributed by atoms with E-state index >= 15 is 0 Å². The van der Waals surface area contributed by atoms with Crippen LogP contribution in [0.3, 0.4) is 0 Å². The minimum absolute atomic E-state index is 0.0658. The summed E-state index contributed by atoms with van der Waals surface area (Å²) < 4.78 is 15.1. The van der Waals surface area contributed by atoms with Crippen molar-refractivity contribution < 1.29 is 13.7 Å². The molecular formula is C6H13NO3S. The molecule has 0 radical (unpaired) electrons. The number of amides is 1. The highest BCUT2D eigenvalue weighted by Gasteiger charge is 1.98. The second-order valence-electron chi connectivity index (χ2n) is 2.06. The van der Waals surface area contributed by atoms with E-state index < -0.39 is 10.8 Å². The zero-order valence-corrected chi connectivity index (χ0v) is 7.57. The van der Waals surface area contributed by atoms with E-state index in [0.717, 1.165) is 0 Å². The summed E-state index contributed by atoms with van der Waals surface area (Å²) in [6.45, 7) is 0.516. The van der Waals surface area contributed by atoms with Crippen LogP contribution >= 0.6 is 0 Å². The molecule has 0 saturated carbocycles. The Bertz CT molecular complexity index is 149. The minimum Gasteiger partial charge on any atom is -0.375 e. The minimum atomic E-state index is -0.841. The quantitative estimate of drug-likeness (QED) is 0.596. The van der Waals surface area contributed by atoms with Crippen molar-refractivity contribution in [2.75, 3.05) is 32.3 Å². The smallest absolute Gasteiger partial charge is 0.246 e. The van der Waals surface area contributed by atoms with Gasteiger partial charge in [-0.05, 0) is 0 Å². The SMILES string of the molecule is COCC(=O)NCCS(C)=O. The maximum Gasteiger partial charge on any atom is 0.246 e. The Morgan fingerprint density at radius 1 is 1.64 bits per heavy atom. The van der Waals surface area contributed by atoms with Crippen LogP contribution in [0.2, 0.25) is 0 Å². The van der Waals surface area contributed by atoms with Crippen molar-refractivity contribution in [1.29, 1.82) is 0 Å². The molecule has 1 unspecified atom stereocenters. The topological polar surface area (TPSA) is 55.4 Å². The van der Waals surface area contributed by atoms with Crippen LogP contribution in [0.5, 0.6) is 0 Å². The molecule has 0 rings (SSSR count). The Morgan fingerprint density at radius 3 is 2.73 bits per heavy atom. The van der Waals surface area contributed by atoms with Crippen molar-refractivity contribution in [2.24, 2.45) is 0 Å². The molecule has 0 aromatic carbocycles. The number of hydrogen-bond donors (Lipinski definition) is 1. The van der Waals surface area contributed by atoms with Gasteiger partial charge in [-0.3, -0.25) is 9.00 Å². The number of carbonyl (C=O) groups excluding carboxylic acids is 1. The maximum absolute atomic E-state index is 10.7. The molecule has 0 saturated heterocycles. The normalized spacial score (nSPS) is 12.5. The highest BCUT2D eigenvalue weighted by Crippen LogP contribution is 1.73. The van der Waals surface area contributed by atoms with E-state index in [1.807, 2.05) is 0 Å². The lowest BCUT2D eigenvalue weighted by Gasteiger charge is -2.01. The van der Waals surface area contributed by atoms with Crippen LogP contribution in [0.1, 0.15) is 0 Å². The van der Waals surface area contributed by atoms with Gasteiger partial charge in [0.2, 0.25) is 5.91 Å². The van der Waals surface area contributed by atoms with Gasteiger partial charge in [0.1, 0.15) is 6.61 Å². The summed E-state index contributed by atoms with van der Waals surface area (Å²) in [7, 11) is 0.614. The van der Waals surface area contributed by atoms with Gasteiger partial charge in [0.25, 0.3) is 0 Å². The lowest BCUT2D eigenvalue weighted by molar-refractivity contribution is -0.124. The first-order valence-electron chi connectivity index (χ1n) is 3.22. The molecule has 4 nitrogen and oxygen atoms in total. The molecular weight excluding hydrogens is 166 g/mol. The molecule has 1 amide bonds. The standard InChI is InChI=1S/C6H13NO3S/c1-10-5-6(8)7-3-4-11(2)9/h3-5H2,1-2H3,(H,7,8). The highest BCUT2D eigenvalue weighted by molar-refractivity contribution is 7.84. The van der Waals surface area contributed by atoms with Gasteiger partial charge in [-0.1, -0.05) is 0 Å². The summed E-state index contributed by atoms with van der Waals surface area (Å²) in [6.07, 6.45) is 1.60. The second-order valence-corrected chi connectivity index (χ2v) is 3.61. The summed E-state index contributed by atoms with van der Waals surface area (Å²) in [5.74, 6) is 0.327. The Morgan fingerprint density at radius 2 is 2.27 bits per heavy atom. The van der Waals surface area contributed by atoms with E-state index in [0.29, 0.717) is 12.3 Å². The van der Waals surface area contributed by atoms with Gasteiger partial charge in [0.05, 0.1) is 0 Å². The first-order chi connectivity index (χ1) is 5.16. The number of hydrogen-bond acceptors (Lipinski definition) is 3. The molecule has 0 spiro atoms. The molecule has 1 N–H and O–H groups in total. The van der Waals surface area contributed by atoms with Gasteiger partial charge in [-0.25, -0.2) is 0 Å². The van der Waals surface area contributed by atoms with E-state index in [9.17, 15) is 9.00 Å². The summed E-state index contributed by atoms with van der Waals surface area (Å²) in [6, 6.07) is 0. The van der Waals surface area contributed by atoms with Crippen LogP contribution in [0.4, 0.5) is 0 Å². The molecule has 0 heterocycles. The van der Waals surface area contributed by atoms with E-state index in [1.165, 1.54) is 7.11 Å². The average molecular weight is 179 g/mol. The molecule has 66 valence electrons. The highest BCUT2D eigenvalue weighted by atomic mass is 32.2. The average Bonchev–Trinajstić information content (AvgIpc) is 1.87. The first kappa shape index (κ1) is 10.6. The third kappa shape index (κ3) is 7.48. The van der Waals surface area contributed by atoms with Crippen LogP contribution in [-0.4, -0.2) is 42.4 Å². The van der Waals surface area contributed by atoms with Gasteiger partial charge < -0.3 is 10.1 Å². The van der Waals surface area contributed by atoms with Crippen molar-refractivity contribution in [3.8, 4) is 0 Å². The molecule has 5 heteroatoms. The third-order valence-electron chi connectivity index (χ3n) is 0.987. The number of rotatable bonds is 5. The molecule has 0 aliphatic rings. The van der Waals surface area contributed by atoms with E-state index in [2.05, 4.69) is 10.1 Å². The monoisotopic (exact) mass is 179 g/mol. The molecule has 0 aromatic heterocycles. The number of carbonyl (C=O) groups is 1. The fourth-order valence-electron chi connectivity index (χ4n) is 0.516. The maximum atomic E-state index is 10.7. The summed E-state index contributed by atoms with van der Waals surface area (Å²) in [5, 5.41) is 2.56. The summed E-state index contributed by atoms with van der Waals surface area (Å²) in [5.41, 5.74) is 0. The van der Waals surface area contributed by atoms with Crippen LogP contribution < -0.4 is 5.32 Å². The predicted octanol–water partition coefficient (Wildman–Crippen LogP) is -0.872. The van der Waals surface area contributed by atoms with Crippen LogP contribution in [-0.2, 0) is 20.3 Å². The summed E-state index contributed by atoms with van der Waals surface area (Å²) >= 11 is 0. The lowest BCUT2D eigenvalue weighted by Crippen LogP contribution is -2.30. The van der Waals surface area contributed by atoms with Gasteiger partial charge in [-0.2, -0.15) is 0 Å². The zero-order chi connectivity index (χ0) is 8.69. The van der Waals surface area contributed by atoms with Gasteiger partial charge in [0, 0.05) is 36.5 Å². The van der Waals surface area contributed by atoms with Crippen molar-refractivity contribution in [3.05, 3.63) is 0 Å². The van der Waals surface area contributed by atoms with Gasteiger partial charge in [0.15, 0.2) is 0 Å². The molecule has 11 heavy (non-hydrogen) atoms. The lowest BCUT2D eigenvalue weighted by atomic mass is 10.6. The zero-order valence-electron chi connectivity index (χ0n) is 6.75. The Kier molecular flexibility index (Phi) is 6.06. The van der Waals surface area contributed by atoms with Crippen molar-refractivity contribution in [2.45, 2.75) is 0 Å². The molecule has 0 fully saturated rings. The third-order valence-corrected chi connectivity index (χ3v) is 1.77. The summed E-state index contributed by atoms with van der Waals surface area (Å²) in [4.78, 5) is 10.7. The fraction of sp³-hybridized carbons (Fsp3) is 0.833. The fourth-order valence-corrected chi connectivity index (χ4v) is 0.906. The molecule has 0 aliphatic heterocycles. The first-order valence-corrected chi connectivity index (χ1v) is 4.95. The molecule has 0 bridgehead atoms. The van der Waals surface area contributed by atoms with Crippen LogP contribution in [0.25, 0.3) is 0 Å². The Balaban J connectivity index is 3.24. The Hall–Kier alpha value is -0.420. The van der Waals surface area contributed by atoms with Gasteiger partial charge in [-0.15, -0.1) is 0 Å². The number of methoxy groups -OCH3 is 1. The van der Waals surface area contributed by atoms with Crippen molar-refractivity contribution in [3.63, 3.8) is 0 Å². The van der Waals surface area contributed by atoms with E-state index in [1.54, 1.807) is 6.26 Å².